The molecule has 3 aromatic heterocycles. The summed E-state index contributed by atoms with van der Waals surface area (Å²) in [6.07, 6.45) is 0. The van der Waals surface area contributed by atoms with E-state index in [-0.39, 0.29) is 5.41 Å². The van der Waals surface area contributed by atoms with Gasteiger partial charge in [0.1, 0.15) is 0 Å². The van der Waals surface area contributed by atoms with Crippen LogP contribution in [0.2, 0.25) is 0 Å². The lowest BCUT2D eigenvalue weighted by atomic mass is 9.82. The van der Waals surface area contributed by atoms with Crippen molar-refractivity contribution in [1.29, 1.82) is 0 Å². The van der Waals surface area contributed by atoms with Gasteiger partial charge in [0.2, 0.25) is 5.95 Å². The van der Waals surface area contributed by atoms with Crippen molar-refractivity contribution in [1.82, 2.24) is 24.5 Å². The Balaban J connectivity index is 0.923. The fourth-order valence-corrected chi connectivity index (χ4v) is 11.7. The van der Waals surface area contributed by atoms with Crippen LogP contribution in [0.5, 0.6) is 0 Å². The summed E-state index contributed by atoms with van der Waals surface area (Å²) >= 11 is 0. The molecular weight excluding hydrogens is 865 g/mol. The summed E-state index contributed by atoms with van der Waals surface area (Å²) in [5.41, 5.74) is 17.7. The van der Waals surface area contributed by atoms with Gasteiger partial charge in [-0.05, 0) is 110 Å². The zero-order valence-corrected chi connectivity index (χ0v) is 39.0. The van der Waals surface area contributed by atoms with E-state index in [1.165, 1.54) is 49.4 Å². The minimum atomic E-state index is -0.106. The molecule has 10 aromatic carbocycles. The molecule has 0 N–H and O–H groups in total. The fraction of sp³-hybridized carbons (Fsp3) is 0.0462. The topological polar surface area (TPSA) is 59.7 Å². The average Bonchev–Trinajstić information content (AvgIpc) is 3.87. The summed E-state index contributed by atoms with van der Waals surface area (Å²) in [7, 11) is 0. The van der Waals surface area contributed by atoms with Crippen molar-refractivity contribution in [2.75, 3.05) is 4.90 Å². The van der Waals surface area contributed by atoms with Crippen LogP contribution in [0.4, 0.5) is 17.3 Å². The van der Waals surface area contributed by atoms with E-state index in [9.17, 15) is 0 Å². The summed E-state index contributed by atoms with van der Waals surface area (Å²) in [4.78, 5) is 23.5. The first-order valence-corrected chi connectivity index (χ1v) is 24.3. The summed E-state index contributed by atoms with van der Waals surface area (Å²) < 4.78 is 2.44. The Bertz CT molecular complexity index is 4310. The molecule has 0 saturated heterocycles. The lowest BCUT2D eigenvalue weighted by Crippen LogP contribution is -2.19. The number of benzene rings is 10. The summed E-state index contributed by atoms with van der Waals surface area (Å²) in [5.74, 6) is 1.75. The molecule has 0 bridgehead atoms. The summed E-state index contributed by atoms with van der Waals surface area (Å²) in [6, 6.07) is 78.4. The van der Waals surface area contributed by atoms with Crippen molar-refractivity contribution < 1.29 is 0 Å². The molecule has 332 valence electrons. The van der Waals surface area contributed by atoms with Gasteiger partial charge in [-0.15, -0.1) is 0 Å². The summed E-state index contributed by atoms with van der Waals surface area (Å²) in [5, 5.41) is 8.15. The minimum Gasteiger partial charge on any atom is -0.309 e. The third-order valence-corrected chi connectivity index (χ3v) is 15.1. The normalized spacial score (nSPS) is 13.3. The Morgan fingerprint density at radius 1 is 0.380 bits per heavy atom. The number of aromatic nitrogens is 5. The van der Waals surface area contributed by atoms with Crippen LogP contribution in [0.15, 0.2) is 218 Å². The molecule has 15 rings (SSSR count). The zero-order valence-electron chi connectivity index (χ0n) is 39.0. The predicted octanol–water partition coefficient (Wildman–Crippen LogP) is 16.6. The maximum atomic E-state index is 5.59. The van der Waals surface area contributed by atoms with Gasteiger partial charge in [0, 0.05) is 49.3 Å². The van der Waals surface area contributed by atoms with Gasteiger partial charge in [-0.2, -0.15) is 9.97 Å². The predicted molar refractivity (Wildman–Crippen MR) is 292 cm³/mol. The monoisotopic (exact) mass is 906 g/mol. The molecule has 0 spiro atoms. The van der Waals surface area contributed by atoms with Crippen molar-refractivity contribution in [3.05, 3.63) is 230 Å². The molecule has 6 heteroatoms. The second kappa shape index (κ2) is 14.9. The van der Waals surface area contributed by atoms with Crippen LogP contribution < -0.4 is 4.90 Å². The SMILES string of the molecule is CC1(C)c2ccccc2-c2cc3c4ccccc4n(-c4ccc(-c5ccc6c(c5)-c5nc7cc8ccccc8cc7c7cccc(c57)N6c5nc(-c6ccccc6)nc(-c6ccccc6)n5)cc4)c3cc21. The van der Waals surface area contributed by atoms with E-state index in [4.69, 9.17) is 19.9 Å². The second-order valence-electron chi connectivity index (χ2n) is 19.4. The highest BCUT2D eigenvalue weighted by Gasteiger charge is 2.36. The van der Waals surface area contributed by atoms with Crippen LogP contribution in [-0.4, -0.2) is 24.5 Å². The first-order valence-electron chi connectivity index (χ1n) is 24.3. The first kappa shape index (κ1) is 39.7. The number of nitrogens with zero attached hydrogens (tertiary/aromatic N) is 6. The maximum Gasteiger partial charge on any atom is 0.238 e. The molecule has 2 aliphatic rings. The van der Waals surface area contributed by atoms with E-state index in [1.54, 1.807) is 0 Å². The largest absolute Gasteiger partial charge is 0.309 e. The fourth-order valence-electron chi connectivity index (χ4n) is 11.7. The highest BCUT2D eigenvalue weighted by atomic mass is 15.3. The van der Waals surface area contributed by atoms with Gasteiger partial charge in [0.15, 0.2) is 11.6 Å². The molecule has 13 aromatic rings. The first-order chi connectivity index (χ1) is 34.9. The van der Waals surface area contributed by atoms with E-state index in [0.717, 1.165) is 77.6 Å². The van der Waals surface area contributed by atoms with Crippen molar-refractivity contribution >= 4 is 71.6 Å². The molecule has 4 heterocycles. The quantitative estimate of drug-likeness (QED) is 0.127. The minimum absolute atomic E-state index is 0.106. The number of anilines is 3. The highest BCUT2D eigenvalue weighted by Crippen LogP contribution is 2.53. The number of fused-ring (bicyclic) bond motifs is 11. The highest BCUT2D eigenvalue weighted by molar-refractivity contribution is 6.21. The number of pyridine rings is 1. The van der Waals surface area contributed by atoms with Crippen molar-refractivity contribution in [3.63, 3.8) is 0 Å². The van der Waals surface area contributed by atoms with Gasteiger partial charge >= 0.3 is 0 Å². The van der Waals surface area contributed by atoms with Gasteiger partial charge in [0.25, 0.3) is 0 Å². The molecule has 0 unspecified atom stereocenters. The molecule has 1 aliphatic heterocycles. The second-order valence-corrected chi connectivity index (χ2v) is 19.4. The maximum absolute atomic E-state index is 5.59. The van der Waals surface area contributed by atoms with E-state index < -0.39 is 0 Å². The Hall–Kier alpha value is -9.26. The Morgan fingerprint density at radius 3 is 1.82 bits per heavy atom. The number of para-hydroxylation sites is 1. The summed E-state index contributed by atoms with van der Waals surface area (Å²) in [6.45, 7) is 4.71. The van der Waals surface area contributed by atoms with Crippen LogP contribution in [0.1, 0.15) is 25.0 Å². The molecule has 1 aliphatic carbocycles. The van der Waals surface area contributed by atoms with Gasteiger partial charge in [-0.3, -0.25) is 4.90 Å². The number of hydrogen-bond acceptors (Lipinski definition) is 5. The van der Waals surface area contributed by atoms with Crippen LogP contribution in [0.3, 0.4) is 0 Å². The van der Waals surface area contributed by atoms with Crippen LogP contribution in [0, 0.1) is 0 Å². The molecule has 6 nitrogen and oxygen atoms in total. The number of hydrogen-bond donors (Lipinski definition) is 0. The third-order valence-electron chi connectivity index (χ3n) is 15.1. The van der Waals surface area contributed by atoms with Gasteiger partial charge in [0.05, 0.1) is 33.6 Å². The standard InChI is InChI=1S/C65H42N6/c1-65(2)53-25-13-11-22-46(53)49-37-51-47-23-12-14-26-56(47)70(59(51)38-54(49)65)45-31-28-39(29-32-45)44-30-33-57-52(35-44)61-60-48(50-34-42-20-9-10-21-43(42)36-55(50)66-61)24-15-27-58(60)71(57)64-68-62(40-16-5-3-6-17-40)67-63(69-64)41-18-7-4-8-19-41/h3-38H,1-2H3. The van der Waals surface area contributed by atoms with Crippen LogP contribution >= 0.6 is 0 Å². The van der Waals surface area contributed by atoms with E-state index in [2.05, 4.69) is 205 Å². The van der Waals surface area contributed by atoms with Gasteiger partial charge < -0.3 is 4.57 Å². The van der Waals surface area contributed by atoms with Crippen LogP contribution in [0.25, 0.3) is 116 Å². The van der Waals surface area contributed by atoms with E-state index in [1.807, 2.05) is 36.4 Å². The van der Waals surface area contributed by atoms with Crippen LogP contribution in [-0.2, 0) is 5.41 Å². The van der Waals surface area contributed by atoms with E-state index >= 15 is 0 Å². The van der Waals surface area contributed by atoms with E-state index in [0.29, 0.717) is 17.6 Å². The average molecular weight is 907 g/mol. The number of rotatable bonds is 5. The van der Waals surface area contributed by atoms with Crippen molar-refractivity contribution in [3.8, 4) is 62.0 Å². The van der Waals surface area contributed by atoms with Gasteiger partial charge in [-0.1, -0.05) is 172 Å². The Morgan fingerprint density at radius 2 is 1.04 bits per heavy atom. The smallest absolute Gasteiger partial charge is 0.238 e. The lowest BCUT2D eigenvalue weighted by molar-refractivity contribution is 0.661. The molecule has 0 fully saturated rings. The molecule has 0 amide bonds. The zero-order chi connectivity index (χ0) is 47.0. The van der Waals surface area contributed by atoms with Crippen molar-refractivity contribution in [2.24, 2.45) is 0 Å². The lowest BCUT2D eigenvalue weighted by Gasteiger charge is -2.32. The molecule has 0 saturated carbocycles. The van der Waals surface area contributed by atoms with Crippen molar-refractivity contribution in [2.45, 2.75) is 19.3 Å². The Labute approximate surface area is 409 Å². The molecule has 0 atom stereocenters. The third kappa shape index (κ3) is 5.88. The molecule has 0 radical (unpaired) electrons. The molecule has 71 heavy (non-hydrogen) atoms. The van der Waals surface area contributed by atoms with Gasteiger partial charge in [-0.25, -0.2) is 9.97 Å². The Kier molecular flexibility index (Phi) is 8.32. The molecular formula is C65H42N6.